The molecule has 0 aromatic heterocycles. The van der Waals surface area contributed by atoms with Crippen molar-refractivity contribution in [1.82, 2.24) is 0 Å². The third-order valence-electron chi connectivity index (χ3n) is 2.39. The number of alkyl halides is 5. The molecular weight excluding hydrogens is 403 g/mol. The lowest BCUT2D eigenvalue weighted by molar-refractivity contribution is -0.292. The zero-order chi connectivity index (χ0) is 15.7. The van der Waals surface area contributed by atoms with E-state index in [2.05, 4.69) is 14.2 Å². The summed E-state index contributed by atoms with van der Waals surface area (Å²) in [5.74, 6) is -2.05. The monoisotopic (exact) mass is 414 g/mol. The van der Waals surface area contributed by atoms with Crippen LogP contribution in [0.3, 0.4) is 0 Å². The minimum Gasteiger partial charge on any atom is -0.455 e. The van der Waals surface area contributed by atoms with Gasteiger partial charge in [0.2, 0.25) is 0 Å². The Morgan fingerprint density at radius 3 is 1.95 bits per heavy atom. The van der Waals surface area contributed by atoms with Crippen LogP contribution >= 0.6 is 22.6 Å². The van der Waals surface area contributed by atoms with E-state index in [0.717, 1.165) is 13.8 Å². The molecule has 0 aliphatic carbocycles. The van der Waals surface area contributed by atoms with E-state index in [0.29, 0.717) is 0 Å². The van der Waals surface area contributed by atoms with Crippen LogP contribution in [0.15, 0.2) is 0 Å². The Hall–Kier alpha value is -0.650. The van der Waals surface area contributed by atoms with Crippen LogP contribution in [-0.2, 0) is 23.8 Å². The molecule has 116 valence electrons. The summed E-state index contributed by atoms with van der Waals surface area (Å²) >= 11 is 1.31. The first-order valence-electron chi connectivity index (χ1n) is 5.38. The Balaban J connectivity index is 3.11. The van der Waals surface area contributed by atoms with Crippen molar-refractivity contribution < 1.29 is 41.4 Å². The van der Waals surface area contributed by atoms with Gasteiger partial charge in [0.05, 0.1) is 0 Å². The van der Waals surface area contributed by atoms with Crippen LogP contribution in [0.4, 0.5) is 17.6 Å². The van der Waals surface area contributed by atoms with Crippen LogP contribution < -0.4 is 0 Å². The van der Waals surface area contributed by atoms with Crippen LogP contribution in [0.25, 0.3) is 0 Å². The molecule has 0 radical (unpaired) electrons. The molecule has 0 bridgehead atoms. The first-order valence-corrected chi connectivity index (χ1v) is 6.63. The third-order valence-corrected chi connectivity index (χ3v) is 3.37. The first kappa shape index (κ1) is 17.4. The summed E-state index contributed by atoms with van der Waals surface area (Å²) in [5, 5.41) is 0. The predicted molar refractivity (Wildman–Crippen MR) is 64.7 cm³/mol. The molecule has 1 fully saturated rings. The number of carbonyl (C=O) groups is 2. The molecule has 0 aromatic carbocycles. The maximum absolute atomic E-state index is 13.9. The Morgan fingerprint density at radius 2 is 1.55 bits per heavy atom. The van der Waals surface area contributed by atoms with Gasteiger partial charge in [-0.25, -0.2) is 4.39 Å². The standard InChI is InChI=1S/C10H11F4IO5/c1-3(16)18-6-5(11)9(15)20-8(10(12,13)14)7(6)19-4(2)17/h5-9H,1-2H3/t5-,6-,7-,8+,9+/m1/s1. The Bertz CT molecular complexity index is 388. The van der Waals surface area contributed by atoms with Crippen molar-refractivity contribution in [2.75, 3.05) is 0 Å². The average Bonchev–Trinajstić information content (AvgIpc) is 2.25. The van der Waals surface area contributed by atoms with Crippen molar-refractivity contribution in [2.45, 2.75) is 48.6 Å². The summed E-state index contributed by atoms with van der Waals surface area (Å²) in [6.07, 6.45) is -13.5. The van der Waals surface area contributed by atoms with Gasteiger partial charge in [0.25, 0.3) is 0 Å². The van der Waals surface area contributed by atoms with E-state index in [1.54, 1.807) is 0 Å². The molecule has 0 aromatic rings. The lowest BCUT2D eigenvalue weighted by atomic mass is 10.00. The molecule has 5 atom stereocenters. The number of rotatable bonds is 2. The molecule has 1 aliphatic rings. The highest BCUT2D eigenvalue weighted by Gasteiger charge is 2.59. The highest BCUT2D eigenvalue weighted by molar-refractivity contribution is 14.1. The van der Waals surface area contributed by atoms with Crippen LogP contribution in [0, 0.1) is 0 Å². The fourth-order valence-electron chi connectivity index (χ4n) is 1.70. The van der Waals surface area contributed by atoms with Crippen molar-refractivity contribution in [1.29, 1.82) is 0 Å². The lowest BCUT2D eigenvalue weighted by Crippen LogP contribution is -2.61. The number of ether oxygens (including phenoxy) is 3. The molecule has 5 nitrogen and oxygen atoms in total. The summed E-state index contributed by atoms with van der Waals surface area (Å²) in [7, 11) is 0. The maximum Gasteiger partial charge on any atom is 0.418 e. The Kier molecular flexibility index (Phi) is 5.58. The van der Waals surface area contributed by atoms with Crippen LogP contribution in [0.1, 0.15) is 13.8 Å². The third kappa shape index (κ3) is 4.17. The van der Waals surface area contributed by atoms with E-state index in [9.17, 15) is 27.2 Å². The second-order valence-electron chi connectivity index (χ2n) is 4.04. The highest BCUT2D eigenvalue weighted by atomic mass is 127. The van der Waals surface area contributed by atoms with Gasteiger partial charge in [0.1, 0.15) is 4.11 Å². The van der Waals surface area contributed by atoms with Gasteiger partial charge in [0, 0.05) is 13.8 Å². The van der Waals surface area contributed by atoms with Crippen LogP contribution in [0.5, 0.6) is 0 Å². The molecule has 0 spiro atoms. The zero-order valence-corrected chi connectivity index (χ0v) is 12.5. The molecule has 1 rings (SSSR count). The summed E-state index contributed by atoms with van der Waals surface area (Å²) < 4.78 is 64.5. The van der Waals surface area contributed by atoms with Gasteiger partial charge in [-0.2, -0.15) is 13.2 Å². The fourth-order valence-corrected chi connectivity index (χ4v) is 2.43. The van der Waals surface area contributed by atoms with E-state index in [4.69, 9.17) is 0 Å². The number of hydrogen-bond donors (Lipinski definition) is 0. The molecule has 1 aliphatic heterocycles. The summed E-state index contributed by atoms with van der Waals surface area (Å²) in [4.78, 5) is 21.8. The molecule has 1 saturated heterocycles. The Labute approximate surface area is 125 Å². The fraction of sp³-hybridized carbons (Fsp3) is 0.800. The van der Waals surface area contributed by atoms with Gasteiger partial charge in [0.15, 0.2) is 24.5 Å². The number of hydrogen-bond acceptors (Lipinski definition) is 5. The van der Waals surface area contributed by atoms with Crippen molar-refractivity contribution in [3.8, 4) is 0 Å². The molecule has 0 unspecified atom stereocenters. The minimum atomic E-state index is -4.90. The first-order chi connectivity index (χ1) is 9.04. The number of carbonyl (C=O) groups excluding carboxylic acids is 2. The summed E-state index contributed by atoms with van der Waals surface area (Å²) in [6.45, 7) is 1.78. The molecule has 0 amide bonds. The molecule has 0 N–H and O–H groups in total. The topological polar surface area (TPSA) is 61.8 Å². The normalized spacial score (nSPS) is 34.5. The van der Waals surface area contributed by atoms with Crippen molar-refractivity contribution in [3.63, 3.8) is 0 Å². The van der Waals surface area contributed by atoms with E-state index in [-0.39, 0.29) is 0 Å². The van der Waals surface area contributed by atoms with Gasteiger partial charge in [-0.1, -0.05) is 0 Å². The van der Waals surface area contributed by atoms with Crippen LogP contribution in [0.2, 0.25) is 0 Å². The SMILES string of the molecule is CC(=O)O[C@@H]1[C@@H](F)[C@@H](I)O[C@H](C(F)(F)F)[C@@H]1OC(C)=O. The average molecular weight is 414 g/mol. The van der Waals surface area contributed by atoms with Gasteiger partial charge >= 0.3 is 18.1 Å². The van der Waals surface area contributed by atoms with Crippen molar-refractivity contribution in [2.24, 2.45) is 0 Å². The quantitative estimate of drug-likeness (QED) is 0.299. The minimum absolute atomic E-state index is 0.863. The van der Waals surface area contributed by atoms with Gasteiger partial charge < -0.3 is 14.2 Å². The predicted octanol–water partition coefficient (Wildman–Crippen LogP) is 1.91. The smallest absolute Gasteiger partial charge is 0.418 e. The van der Waals surface area contributed by atoms with E-state index >= 15 is 0 Å². The lowest BCUT2D eigenvalue weighted by Gasteiger charge is -2.41. The molecule has 20 heavy (non-hydrogen) atoms. The molecule has 1 heterocycles. The number of halogens is 5. The zero-order valence-electron chi connectivity index (χ0n) is 10.3. The van der Waals surface area contributed by atoms with Gasteiger partial charge in [-0.15, -0.1) is 0 Å². The summed E-state index contributed by atoms with van der Waals surface area (Å²) in [6, 6.07) is 0. The van der Waals surface area contributed by atoms with Crippen LogP contribution in [-0.4, -0.2) is 46.7 Å². The van der Waals surface area contributed by atoms with Gasteiger partial charge in [-0.05, 0) is 22.6 Å². The van der Waals surface area contributed by atoms with E-state index < -0.39 is 46.7 Å². The van der Waals surface area contributed by atoms with Crippen molar-refractivity contribution in [3.05, 3.63) is 0 Å². The van der Waals surface area contributed by atoms with Crippen molar-refractivity contribution >= 4 is 34.5 Å². The Morgan fingerprint density at radius 1 is 1.10 bits per heavy atom. The maximum atomic E-state index is 13.9. The van der Waals surface area contributed by atoms with Gasteiger partial charge in [-0.3, -0.25) is 9.59 Å². The van der Waals surface area contributed by atoms with E-state index in [1.807, 2.05) is 0 Å². The molecular formula is C10H11F4IO5. The summed E-state index contributed by atoms with van der Waals surface area (Å²) in [5.41, 5.74) is 0. The molecule has 10 heteroatoms. The largest absolute Gasteiger partial charge is 0.455 e. The van der Waals surface area contributed by atoms with E-state index in [1.165, 1.54) is 22.6 Å². The molecule has 0 saturated carbocycles. The second-order valence-corrected chi connectivity index (χ2v) is 5.27. The number of esters is 2. The highest BCUT2D eigenvalue weighted by Crippen LogP contribution is 2.38. The second kappa shape index (κ2) is 6.41.